The zero-order chi connectivity index (χ0) is 11.5. The van der Waals surface area contributed by atoms with Crippen LogP contribution < -0.4 is 5.32 Å². The maximum Gasteiger partial charge on any atom is 0.115 e. The van der Waals surface area contributed by atoms with Crippen LogP contribution in [0.2, 0.25) is 8.67 Å². The summed E-state index contributed by atoms with van der Waals surface area (Å²) in [6.07, 6.45) is 4.92. The molecule has 1 N–H and O–H groups in total. The zero-order valence-electron chi connectivity index (χ0n) is 8.45. The first kappa shape index (κ1) is 11.6. The van der Waals surface area contributed by atoms with Crippen LogP contribution in [0.1, 0.15) is 18.5 Å². The molecule has 6 heteroatoms. The van der Waals surface area contributed by atoms with Crippen molar-refractivity contribution in [1.29, 1.82) is 0 Å². The van der Waals surface area contributed by atoms with Gasteiger partial charge < -0.3 is 5.32 Å². The van der Waals surface area contributed by atoms with Crippen molar-refractivity contribution in [3.8, 4) is 0 Å². The molecule has 0 aliphatic carbocycles. The largest absolute Gasteiger partial charge is 0.376 e. The maximum absolute atomic E-state index is 6.07. The van der Waals surface area contributed by atoms with Gasteiger partial charge in [-0.2, -0.15) is 0 Å². The van der Waals surface area contributed by atoms with E-state index in [4.69, 9.17) is 23.2 Å². The normalized spacial score (nSPS) is 12.4. The Morgan fingerprint density at radius 3 is 2.56 bits per heavy atom. The Bertz CT molecular complexity index is 472. The Morgan fingerprint density at radius 2 is 2.00 bits per heavy atom. The summed E-state index contributed by atoms with van der Waals surface area (Å²) < 4.78 is 1.40. The fourth-order valence-corrected chi connectivity index (χ4v) is 3.00. The van der Waals surface area contributed by atoms with Crippen molar-refractivity contribution in [3.63, 3.8) is 0 Å². The highest BCUT2D eigenvalue weighted by Crippen LogP contribution is 2.35. The molecular formula is C10H9Cl2N3S. The number of anilines is 1. The molecule has 0 fully saturated rings. The number of nitrogens with zero attached hydrogens (tertiary/aromatic N) is 2. The highest BCUT2D eigenvalue weighted by atomic mass is 35.5. The summed E-state index contributed by atoms with van der Waals surface area (Å²) in [6.45, 7) is 2.01. The summed E-state index contributed by atoms with van der Waals surface area (Å²) in [5, 5.41) is 3.25. The highest BCUT2D eigenvalue weighted by Gasteiger charge is 2.13. The lowest BCUT2D eigenvalue weighted by atomic mass is 10.2. The lowest BCUT2D eigenvalue weighted by molar-refractivity contribution is 0.885. The Labute approximate surface area is 107 Å². The monoisotopic (exact) mass is 273 g/mol. The number of hydrogen-bond acceptors (Lipinski definition) is 4. The lowest BCUT2D eigenvalue weighted by Gasteiger charge is -2.13. The summed E-state index contributed by atoms with van der Waals surface area (Å²) in [7, 11) is 0. The molecule has 1 atom stereocenters. The number of nitrogens with one attached hydrogen (secondary N) is 1. The topological polar surface area (TPSA) is 37.8 Å². The summed E-state index contributed by atoms with van der Waals surface area (Å²) >= 11 is 13.3. The van der Waals surface area contributed by atoms with Crippen molar-refractivity contribution < 1.29 is 0 Å². The smallest absolute Gasteiger partial charge is 0.115 e. The van der Waals surface area contributed by atoms with Gasteiger partial charge in [-0.1, -0.05) is 23.2 Å². The van der Waals surface area contributed by atoms with Crippen LogP contribution >= 0.6 is 34.5 Å². The van der Waals surface area contributed by atoms with Crippen molar-refractivity contribution in [1.82, 2.24) is 9.97 Å². The van der Waals surface area contributed by atoms with E-state index < -0.39 is 0 Å². The van der Waals surface area contributed by atoms with Gasteiger partial charge in [0.05, 0.1) is 32.8 Å². The van der Waals surface area contributed by atoms with E-state index in [1.807, 2.05) is 13.0 Å². The van der Waals surface area contributed by atoms with E-state index >= 15 is 0 Å². The fraction of sp³-hybridized carbons (Fsp3) is 0.200. The first-order valence-electron chi connectivity index (χ1n) is 4.63. The molecule has 0 aliphatic heterocycles. The van der Waals surface area contributed by atoms with Gasteiger partial charge in [-0.05, 0) is 13.0 Å². The molecule has 0 bridgehead atoms. The molecular weight excluding hydrogens is 265 g/mol. The van der Waals surface area contributed by atoms with Gasteiger partial charge in [-0.15, -0.1) is 11.3 Å². The van der Waals surface area contributed by atoms with Crippen LogP contribution in [0.3, 0.4) is 0 Å². The van der Waals surface area contributed by atoms with E-state index in [1.54, 1.807) is 12.4 Å². The SMILES string of the molecule is CC(Nc1cncnc1)c1cc(Cl)sc1Cl. The number of rotatable bonds is 3. The Balaban J connectivity index is 2.14. The van der Waals surface area contributed by atoms with Gasteiger partial charge >= 0.3 is 0 Å². The van der Waals surface area contributed by atoms with Gasteiger partial charge in [0.25, 0.3) is 0 Å². The third-order valence-corrected chi connectivity index (χ3v) is 3.61. The molecule has 0 saturated carbocycles. The second-order valence-electron chi connectivity index (χ2n) is 3.27. The molecule has 2 aromatic rings. The van der Waals surface area contributed by atoms with Crippen LogP contribution in [0.5, 0.6) is 0 Å². The number of hydrogen-bond donors (Lipinski definition) is 1. The minimum Gasteiger partial charge on any atom is -0.376 e. The van der Waals surface area contributed by atoms with Gasteiger partial charge in [0.2, 0.25) is 0 Å². The molecule has 0 aromatic carbocycles. The van der Waals surface area contributed by atoms with E-state index in [0.717, 1.165) is 11.3 Å². The Hall–Kier alpha value is -0.840. The highest BCUT2D eigenvalue weighted by molar-refractivity contribution is 7.20. The van der Waals surface area contributed by atoms with E-state index in [0.29, 0.717) is 8.67 Å². The summed E-state index contributed by atoms with van der Waals surface area (Å²) in [4.78, 5) is 7.86. The fourth-order valence-electron chi connectivity index (χ4n) is 1.35. The molecule has 2 heterocycles. The lowest BCUT2D eigenvalue weighted by Crippen LogP contribution is -2.06. The first-order valence-corrected chi connectivity index (χ1v) is 6.20. The molecule has 3 nitrogen and oxygen atoms in total. The molecule has 1 unspecified atom stereocenters. The Kier molecular flexibility index (Phi) is 3.63. The second-order valence-corrected chi connectivity index (χ2v) is 5.56. The number of thiophene rings is 1. The molecule has 0 aliphatic rings. The van der Waals surface area contributed by atoms with Crippen LogP contribution in [0.4, 0.5) is 5.69 Å². The third kappa shape index (κ3) is 2.64. The van der Waals surface area contributed by atoms with Crippen LogP contribution in [0.25, 0.3) is 0 Å². The molecule has 84 valence electrons. The van der Waals surface area contributed by atoms with Gasteiger partial charge in [-0.25, -0.2) is 9.97 Å². The van der Waals surface area contributed by atoms with Gasteiger partial charge in [0.15, 0.2) is 0 Å². The minimum atomic E-state index is 0.0715. The predicted octanol–water partition coefficient (Wildman–Crippen LogP) is 4.02. The predicted molar refractivity (Wildman–Crippen MR) is 68.4 cm³/mol. The number of halogens is 2. The molecule has 2 rings (SSSR count). The van der Waals surface area contributed by atoms with Crippen molar-refractivity contribution >= 4 is 40.2 Å². The number of aromatic nitrogens is 2. The van der Waals surface area contributed by atoms with Crippen LogP contribution in [-0.4, -0.2) is 9.97 Å². The van der Waals surface area contributed by atoms with Crippen molar-refractivity contribution in [3.05, 3.63) is 39.0 Å². The van der Waals surface area contributed by atoms with E-state index in [2.05, 4.69) is 15.3 Å². The van der Waals surface area contributed by atoms with Crippen molar-refractivity contribution in [2.24, 2.45) is 0 Å². The van der Waals surface area contributed by atoms with E-state index in [-0.39, 0.29) is 6.04 Å². The Morgan fingerprint density at radius 1 is 1.31 bits per heavy atom. The minimum absolute atomic E-state index is 0.0715. The molecule has 2 aromatic heterocycles. The first-order chi connectivity index (χ1) is 7.66. The standard InChI is InChI=1S/C10H9Cl2N3S/c1-6(8-2-9(11)16-10(8)12)15-7-3-13-5-14-4-7/h2-6,15H,1H3. The summed E-state index contributed by atoms with van der Waals surface area (Å²) in [6, 6.07) is 1.94. The third-order valence-electron chi connectivity index (χ3n) is 2.09. The van der Waals surface area contributed by atoms with E-state index in [9.17, 15) is 0 Å². The average Bonchev–Trinajstić information content (AvgIpc) is 2.59. The van der Waals surface area contributed by atoms with Gasteiger partial charge in [0, 0.05) is 5.56 Å². The maximum atomic E-state index is 6.07. The van der Waals surface area contributed by atoms with Crippen LogP contribution in [-0.2, 0) is 0 Å². The zero-order valence-corrected chi connectivity index (χ0v) is 10.8. The molecule has 0 amide bonds. The van der Waals surface area contributed by atoms with Crippen molar-refractivity contribution in [2.45, 2.75) is 13.0 Å². The van der Waals surface area contributed by atoms with Crippen molar-refractivity contribution in [2.75, 3.05) is 5.32 Å². The molecule has 16 heavy (non-hydrogen) atoms. The van der Waals surface area contributed by atoms with Crippen LogP contribution in [0, 0.1) is 0 Å². The van der Waals surface area contributed by atoms with E-state index in [1.165, 1.54) is 17.7 Å². The molecule has 0 spiro atoms. The summed E-state index contributed by atoms with van der Waals surface area (Å²) in [5.41, 5.74) is 1.84. The van der Waals surface area contributed by atoms with Crippen LogP contribution in [0.15, 0.2) is 24.8 Å². The van der Waals surface area contributed by atoms with Gasteiger partial charge in [-0.3, -0.25) is 0 Å². The average molecular weight is 274 g/mol. The van der Waals surface area contributed by atoms with Gasteiger partial charge in [0.1, 0.15) is 6.33 Å². The molecule has 0 saturated heterocycles. The molecule has 0 radical (unpaired) electrons. The summed E-state index contributed by atoms with van der Waals surface area (Å²) in [5.74, 6) is 0. The quantitative estimate of drug-likeness (QED) is 0.918. The second kappa shape index (κ2) is 4.99.